The molecule has 3 heteroatoms. The lowest BCUT2D eigenvalue weighted by Crippen LogP contribution is -2.12. The van der Waals surface area contributed by atoms with Gasteiger partial charge in [-0.1, -0.05) is 60.7 Å². The van der Waals surface area contributed by atoms with Crippen LogP contribution in [0.4, 0.5) is 0 Å². The van der Waals surface area contributed by atoms with E-state index in [0.717, 1.165) is 12.0 Å². The molecule has 22 heavy (non-hydrogen) atoms. The monoisotopic (exact) mass is 298 g/mol. The Labute approximate surface area is 131 Å². The van der Waals surface area contributed by atoms with E-state index in [1.54, 1.807) is 0 Å². The zero-order valence-electron chi connectivity index (χ0n) is 12.7. The summed E-state index contributed by atoms with van der Waals surface area (Å²) in [6.07, 6.45) is 1.59. The molecule has 1 N–H and O–H groups in total. The van der Waals surface area contributed by atoms with Gasteiger partial charge in [0.05, 0.1) is 6.10 Å². The van der Waals surface area contributed by atoms with E-state index in [-0.39, 0.29) is 18.5 Å². The van der Waals surface area contributed by atoms with Gasteiger partial charge in [0.1, 0.15) is 0 Å². The van der Waals surface area contributed by atoms with Crippen molar-refractivity contribution in [3.63, 3.8) is 0 Å². The predicted octanol–water partition coefficient (Wildman–Crippen LogP) is 3.79. The third kappa shape index (κ3) is 5.10. The molecule has 2 aromatic carbocycles. The van der Waals surface area contributed by atoms with Gasteiger partial charge in [-0.25, -0.2) is 0 Å². The van der Waals surface area contributed by atoms with Crippen molar-refractivity contribution >= 4 is 5.78 Å². The summed E-state index contributed by atoms with van der Waals surface area (Å²) >= 11 is 0. The van der Waals surface area contributed by atoms with Crippen molar-refractivity contribution in [3.8, 4) is 0 Å². The molecule has 0 fully saturated rings. The van der Waals surface area contributed by atoms with Crippen LogP contribution in [0.1, 0.15) is 41.3 Å². The first kappa shape index (κ1) is 16.4. The number of benzene rings is 2. The number of aliphatic hydroxyl groups is 1. The Bertz CT molecular complexity index is 551. The Morgan fingerprint density at radius 3 is 2.23 bits per heavy atom. The molecule has 2 aromatic rings. The zero-order chi connectivity index (χ0) is 15.6. The predicted molar refractivity (Wildman–Crippen MR) is 86.8 cm³/mol. The highest BCUT2D eigenvalue weighted by molar-refractivity contribution is 5.96. The molecule has 1 atom stereocenters. The maximum absolute atomic E-state index is 12.4. The van der Waals surface area contributed by atoms with Gasteiger partial charge in [0.15, 0.2) is 5.78 Å². The van der Waals surface area contributed by atoms with Crippen molar-refractivity contribution in [1.29, 1.82) is 0 Å². The number of carbonyl (C=O) groups is 1. The third-order valence-electron chi connectivity index (χ3n) is 3.51. The fraction of sp³-hybridized carbons (Fsp3) is 0.316. The molecule has 0 bridgehead atoms. The fourth-order valence-electron chi connectivity index (χ4n) is 2.29. The summed E-state index contributed by atoms with van der Waals surface area (Å²) in [5, 5.41) is 8.83. The van der Waals surface area contributed by atoms with Gasteiger partial charge in [-0.15, -0.1) is 0 Å². The Morgan fingerprint density at radius 1 is 0.955 bits per heavy atom. The molecule has 0 aliphatic carbocycles. The number of Topliss-reactive ketones (excluding diaryl/α,β-unsaturated/α-hetero) is 1. The lowest BCUT2D eigenvalue weighted by molar-refractivity contribution is 0.0398. The minimum atomic E-state index is -0.243. The Balaban J connectivity index is 2.02. The Hall–Kier alpha value is -1.97. The summed E-state index contributed by atoms with van der Waals surface area (Å²) in [5.74, 6) is 0.0802. The normalized spacial score (nSPS) is 12.0. The van der Waals surface area contributed by atoms with Crippen molar-refractivity contribution in [3.05, 3.63) is 71.8 Å². The lowest BCUT2D eigenvalue weighted by atomic mass is 10.00. The molecule has 0 aliphatic rings. The van der Waals surface area contributed by atoms with Crippen LogP contribution in [0.5, 0.6) is 0 Å². The molecule has 0 saturated carbocycles. The molecule has 2 rings (SSSR count). The van der Waals surface area contributed by atoms with Crippen LogP contribution in [0.15, 0.2) is 60.7 Å². The Kier molecular flexibility index (Phi) is 6.81. The van der Waals surface area contributed by atoms with Crippen molar-refractivity contribution in [1.82, 2.24) is 0 Å². The van der Waals surface area contributed by atoms with E-state index in [1.807, 2.05) is 60.7 Å². The number of carbonyl (C=O) groups excluding carboxylic acids is 1. The van der Waals surface area contributed by atoms with Crippen LogP contribution in [0.3, 0.4) is 0 Å². The number of hydrogen-bond acceptors (Lipinski definition) is 3. The summed E-state index contributed by atoms with van der Waals surface area (Å²) in [4.78, 5) is 12.4. The van der Waals surface area contributed by atoms with Crippen LogP contribution in [0.25, 0.3) is 0 Å². The van der Waals surface area contributed by atoms with E-state index < -0.39 is 0 Å². The molecule has 0 spiro atoms. The van der Waals surface area contributed by atoms with Crippen LogP contribution in [-0.2, 0) is 4.74 Å². The number of ketones is 1. The molecular formula is C19H22O3. The SMILES string of the molecule is O=C(CC(OCCCCO)c1ccccc1)c1ccccc1. The van der Waals surface area contributed by atoms with E-state index in [1.165, 1.54) is 0 Å². The van der Waals surface area contributed by atoms with E-state index in [2.05, 4.69) is 0 Å². The minimum absolute atomic E-state index is 0.0802. The molecule has 116 valence electrons. The summed E-state index contributed by atoms with van der Waals surface area (Å²) in [5.41, 5.74) is 1.72. The van der Waals surface area contributed by atoms with Gasteiger partial charge in [0, 0.05) is 25.2 Å². The summed E-state index contributed by atoms with van der Waals surface area (Å²) in [7, 11) is 0. The topological polar surface area (TPSA) is 46.5 Å². The van der Waals surface area contributed by atoms with Crippen LogP contribution >= 0.6 is 0 Å². The van der Waals surface area contributed by atoms with Crippen molar-refractivity contribution < 1.29 is 14.6 Å². The maximum Gasteiger partial charge on any atom is 0.165 e. The highest BCUT2D eigenvalue weighted by Gasteiger charge is 2.17. The quantitative estimate of drug-likeness (QED) is 0.566. The summed E-state index contributed by atoms with van der Waals surface area (Å²) in [6.45, 7) is 0.713. The molecule has 0 amide bonds. The largest absolute Gasteiger partial charge is 0.396 e. The first-order chi connectivity index (χ1) is 10.8. The molecule has 0 radical (unpaired) electrons. The van der Waals surface area contributed by atoms with Crippen molar-refractivity contribution in [2.24, 2.45) is 0 Å². The number of ether oxygens (including phenoxy) is 1. The van der Waals surface area contributed by atoms with E-state index in [9.17, 15) is 4.79 Å². The van der Waals surface area contributed by atoms with Gasteiger partial charge >= 0.3 is 0 Å². The molecule has 0 aliphatic heterocycles. The second kappa shape index (κ2) is 9.13. The van der Waals surface area contributed by atoms with Crippen LogP contribution < -0.4 is 0 Å². The highest BCUT2D eigenvalue weighted by Crippen LogP contribution is 2.23. The molecule has 3 nitrogen and oxygen atoms in total. The van der Waals surface area contributed by atoms with Gasteiger partial charge in [-0.2, -0.15) is 0 Å². The molecular weight excluding hydrogens is 276 g/mol. The zero-order valence-corrected chi connectivity index (χ0v) is 12.7. The van der Waals surface area contributed by atoms with Crippen molar-refractivity contribution in [2.75, 3.05) is 13.2 Å². The van der Waals surface area contributed by atoms with Gasteiger partial charge < -0.3 is 9.84 Å². The highest BCUT2D eigenvalue weighted by atomic mass is 16.5. The van der Waals surface area contributed by atoms with E-state index >= 15 is 0 Å². The van der Waals surface area contributed by atoms with Crippen LogP contribution in [0, 0.1) is 0 Å². The Morgan fingerprint density at radius 2 is 1.59 bits per heavy atom. The first-order valence-corrected chi connectivity index (χ1v) is 7.67. The minimum Gasteiger partial charge on any atom is -0.396 e. The van der Waals surface area contributed by atoms with E-state index in [4.69, 9.17) is 9.84 Å². The number of unbranched alkanes of at least 4 members (excludes halogenated alkanes) is 1. The maximum atomic E-state index is 12.4. The average molecular weight is 298 g/mol. The van der Waals surface area contributed by atoms with Gasteiger partial charge in [-0.05, 0) is 18.4 Å². The van der Waals surface area contributed by atoms with Crippen LogP contribution in [-0.4, -0.2) is 24.1 Å². The smallest absolute Gasteiger partial charge is 0.165 e. The summed E-state index contributed by atoms with van der Waals surface area (Å²) < 4.78 is 5.89. The second-order valence-electron chi connectivity index (χ2n) is 5.19. The third-order valence-corrected chi connectivity index (χ3v) is 3.51. The second-order valence-corrected chi connectivity index (χ2v) is 5.19. The molecule has 0 heterocycles. The number of rotatable bonds is 9. The van der Waals surface area contributed by atoms with Gasteiger partial charge in [0.2, 0.25) is 0 Å². The molecule has 0 saturated heterocycles. The lowest BCUT2D eigenvalue weighted by Gasteiger charge is -2.18. The number of hydrogen-bond donors (Lipinski definition) is 1. The van der Waals surface area contributed by atoms with Crippen LogP contribution in [0.2, 0.25) is 0 Å². The standard InChI is InChI=1S/C19H22O3/c20-13-7-8-14-22-19(17-11-5-2-6-12-17)15-18(21)16-9-3-1-4-10-16/h1-6,9-12,19-20H,7-8,13-15H2. The fourth-order valence-corrected chi connectivity index (χ4v) is 2.29. The molecule has 0 aromatic heterocycles. The van der Waals surface area contributed by atoms with Gasteiger partial charge in [0.25, 0.3) is 0 Å². The van der Waals surface area contributed by atoms with Gasteiger partial charge in [-0.3, -0.25) is 4.79 Å². The molecule has 1 unspecified atom stereocenters. The number of aliphatic hydroxyl groups excluding tert-OH is 1. The summed E-state index contributed by atoms with van der Waals surface area (Å²) in [6, 6.07) is 19.1. The average Bonchev–Trinajstić information content (AvgIpc) is 2.59. The van der Waals surface area contributed by atoms with E-state index in [0.29, 0.717) is 25.0 Å². The first-order valence-electron chi connectivity index (χ1n) is 7.67. The van der Waals surface area contributed by atoms with Crippen molar-refractivity contribution in [2.45, 2.75) is 25.4 Å².